The summed E-state index contributed by atoms with van der Waals surface area (Å²) in [6.07, 6.45) is 4.49. The number of fused-ring (bicyclic) bond motifs is 6. The van der Waals surface area contributed by atoms with Gasteiger partial charge in [-0.1, -0.05) is 59.2 Å². The van der Waals surface area contributed by atoms with Crippen LogP contribution in [-0.4, -0.2) is 70.4 Å². The molecule has 2 aromatic carbocycles. The summed E-state index contributed by atoms with van der Waals surface area (Å²) in [5.41, 5.74) is 4.99. The Balaban J connectivity index is 0.905. The summed E-state index contributed by atoms with van der Waals surface area (Å²) in [7, 11) is -8.91. The number of hydrogen-bond donors (Lipinski definition) is 4. The molecule has 0 saturated heterocycles. The Morgan fingerprint density at radius 1 is 0.617 bits per heavy atom. The van der Waals surface area contributed by atoms with E-state index in [2.05, 4.69) is 20.8 Å². The van der Waals surface area contributed by atoms with Gasteiger partial charge in [-0.3, -0.25) is 18.7 Å². The molecule has 0 bridgehead atoms. The number of unbranched alkanes of at least 4 members (excludes halogenated alkanes) is 3. The lowest BCUT2D eigenvalue weighted by molar-refractivity contribution is 0.0937. The maximum absolute atomic E-state index is 13.6. The van der Waals surface area contributed by atoms with Crippen molar-refractivity contribution in [3.05, 3.63) is 102 Å². The topological polar surface area (TPSA) is 203 Å². The first-order valence-corrected chi connectivity index (χ1v) is 24.4. The van der Waals surface area contributed by atoms with E-state index in [1.54, 1.807) is 36.4 Å². The van der Waals surface area contributed by atoms with E-state index in [-0.39, 0.29) is 29.9 Å². The van der Waals surface area contributed by atoms with Crippen LogP contribution in [0.2, 0.25) is 20.1 Å². The number of aryl methyl sites for hydroxylation is 2. The van der Waals surface area contributed by atoms with Gasteiger partial charge in [-0.15, -0.1) is 22.7 Å². The van der Waals surface area contributed by atoms with Gasteiger partial charge < -0.3 is 10.6 Å². The van der Waals surface area contributed by atoms with Gasteiger partial charge in [-0.05, 0) is 98.2 Å². The molecule has 2 amide bonds. The molecule has 6 aromatic rings. The van der Waals surface area contributed by atoms with Crippen LogP contribution >= 0.6 is 69.1 Å². The molecular weight excluding hydrogens is 939 g/mol. The van der Waals surface area contributed by atoms with Crippen LogP contribution in [0.3, 0.4) is 0 Å². The number of hydrogen-bond acceptors (Lipinski definition) is 10. The Morgan fingerprint density at radius 3 is 1.38 bits per heavy atom. The Bertz CT molecular complexity index is 2760. The molecule has 4 aromatic heterocycles. The highest BCUT2D eigenvalue weighted by molar-refractivity contribution is 7.88. The predicted octanol–water partition coefficient (Wildman–Crippen LogP) is 8.54. The first kappa shape index (κ1) is 42.9. The van der Waals surface area contributed by atoms with E-state index in [4.69, 9.17) is 46.4 Å². The van der Waals surface area contributed by atoms with Crippen molar-refractivity contribution < 1.29 is 35.5 Å². The Hall–Kier alpha value is -3.82. The summed E-state index contributed by atoms with van der Waals surface area (Å²) >= 11 is 27.2. The number of rotatable bonds is 13. The zero-order valence-electron chi connectivity index (χ0n) is 31.0. The number of thiophene rings is 2. The number of aromatic nitrogens is 4. The molecule has 4 N–H and O–H groups in total. The van der Waals surface area contributed by atoms with Crippen LogP contribution in [0.1, 0.15) is 68.9 Å². The van der Waals surface area contributed by atoms with Gasteiger partial charge >= 0.3 is 20.2 Å². The van der Waals surface area contributed by atoms with Gasteiger partial charge in [0.1, 0.15) is 8.42 Å². The van der Waals surface area contributed by atoms with Crippen LogP contribution in [0, 0.1) is 0 Å². The number of carbonyl (C=O) groups excluding carboxylic acids is 2. The minimum atomic E-state index is -4.46. The predicted molar refractivity (Wildman–Crippen MR) is 231 cm³/mol. The molecule has 22 heteroatoms. The van der Waals surface area contributed by atoms with Crippen LogP contribution in [-0.2, 0) is 45.9 Å². The Morgan fingerprint density at radius 2 is 1.02 bits per heavy atom. The average Bonchev–Trinajstić information content (AvgIpc) is 3.98. The minimum absolute atomic E-state index is 0.184. The summed E-state index contributed by atoms with van der Waals surface area (Å²) in [5, 5.41) is 16.6. The molecule has 0 radical (unpaired) electrons. The van der Waals surface area contributed by atoms with Crippen LogP contribution < -0.4 is 10.6 Å². The first-order valence-electron chi connectivity index (χ1n) is 18.4. The second kappa shape index (κ2) is 16.8. The third-order valence-electron chi connectivity index (χ3n) is 10.1. The highest BCUT2D eigenvalue weighted by atomic mass is 35.5. The van der Waals surface area contributed by atoms with E-state index in [0.29, 0.717) is 116 Å². The molecule has 60 heavy (non-hydrogen) atoms. The molecule has 0 spiro atoms. The van der Waals surface area contributed by atoms with E-state index in [0.717, 1.165) is 35.5 Å². The van der Waals surface area contributed by atoms with Crippen molar-refractivity contribution in [3.8, 4) is 32.5 Å². The van der Waals surface area contributed by atoms with E-state index >= 15 is 0 Å². The standard InChI is InChI=1S/C38H32Cl4N6O8S4/c39-21-7-11-27(25(41)17-21)47-33-23(9-5-19-15-29(57-35(19)33)59(51,52)53)31(45-47)37(49)43-13-3-1-2-4-14-44-38(50)32-24-10-6-20-16-30(60(54,55)56)58-36(20)34(24)48(46-32)28-12-8-22(40)18-26(28)42/h7-8,11-12,15-18H,1-6,9-10,13-14H2,(H,43,49)(H,44,50)(H,51,52,53)(H,54,55,56). The SMILES string of the molecule is O=C(NCCCCCCNC(=O)c1nn(-c2ccc(Cl)cc2Cl)c2c1CCc1cc(S(=O)(=O)O)sc1-2)c1nn(-c2ccc(Cl)cc2Cl)c2c1CCc1cc(S(=O)(=O)O)sc1-2. The van der Waals surface area contributed by atoms with Gasteiger partial charge in [0, 0.05) is 34.3 Å². The second-order valence-corrected chi connectivity index (χ2v) is 21.2. The Labute approximate surface area is 371 Å². The fourth-order valence-electron chi connectivity index (χ4n) is 7.39. The molecular formula is C38H32Cl4N6O8S4. The molecule has 0 unspecified atom stereocenters. The molecule has 2 aliphatic rings. The molecule has 0 atom stereocenters. The number of nitrogens with zero attached hydrogens (tertiary/aromatic N) is 4. The number of carbonyl (C=O) groups is 2. The quantitative estimate of drug-likeness (QED) is 0.0642. The average molecular weight is 971 g/mol. The van der Waals surface area contributed by atoms with Crippen molar-refractivity contribution in [2.45, 2.75) is 59.8 Å². The van der Waals surface area contributed by atoms with E-state index < -0.39 is 32.1 Å². The Kier molecular flexibility index (Phi) is 12.0. The first-order chi connectivity index (χ1) is 28.5. The maximum atomic E-state index is 13.6. The van der Waals surface area contributed by atoms with Crippen LogP contribution in [0.5, 0.6) is 0 Å². The zero-order chi connectivity index (χ0) is 42.7. The summed E-state index contributed by atoms with van der Waals surface area (Å²) in [6.45, 7) is 0.707. The third-order valence-corrected chi connectivity index (χ3v) is 16.2. The molecule has 0 fully saturated rings. The third kappa shape index (κ3) is 8.39. The van der Waals surface area contributed by atoms with Crippen LogP contribution in [0.25, 0.3) is 32.5 Å². The monoisotopic (exact) mass is 968 g/mol. The lowest BCUT2D eigenvalue weighted by atomic mass is 9.94. The van der Waals surface area contributed by atoms with Gasteiger partial charge in [0.05, 0.1) is 42.6 Å². The fourth-order valence-corrected chi connectivity index (χ4v) is 12.3. The molecule has 2 aliphatic carbocycles. The maximum Gasteiger partial charge on any atom is 0.304 e. The lowest BCUT2D eigenvalue weighted by Crippen LogP contribution is -2.27. The van der Waals surface area contributed by atoms with Crippen molar-refractivity contribution >= 4 is 101 Å². The molecule has 0 saturated carbocycles. The molecule has 0 aliphatic heterocycles. The van der Waals surface area contributed by atoms with Crippen LogP contribution in [0.15, 0.2) is 56.9 Å². The number of benzene rings is 2. The van der Waals surface area contributed by atoms with Gasteiger partial charge in [-0.2, -0.15) is 27.0 Å². The summed E-state index contributed by atoms with van der Waals surface area (Å²) < 4.78 is 70.2. The molecule has 8 rings (SSSR count). The summed E-state index contributed by atoms with van der Waals surface area (Å²) in [5.74, 6) is -0.798. The number of nitrogens with one attached hydrogen (secondary N) is 2. The van der Waals surface area contributed by atoms with Crippen molar-refractivity contribution in [2.24, 2.45) is 0 Å². The smallest absolute Gasteiger partial charge is 0.304 e. The summed E-state index contributed by atoms with van der Waals surface area (Å²) in [6, 6.07) is 12.6. The highest BCUT2D eigenvalue weighted by Gasteiger charge is 2.34. The van der Waals surface area contributed by atoms with Crippen LogP contribution in [0.4, 0.5) is 0 Å². The minimum Gasteiger partial charge on any atom is -0.351 e. The summed E-state index contributed by atoms with van der Waals surface area (Å²) in [4.78, 5) is 28.3. The van der Waals surface area contributed by atoms with Gasteiger partial charge in [0.2, 0.25) is 0 Å². The largest absolute Gasteiger partial charge is 0.351 e. The van der Waals surface area contributed by atoms with Gasteiger partial charge in [-0.25, -0.2) is 9.36 Å². The fraction of sp³-hybridized carbons (Fsp3) is 0.263. The second-order valence-electron chi connectivity index (χ2n) is 14.1. The molecule has 14 nitrogen and oxygen atoms in total. The number of amides is 2. The van der Waals surface area contributed by atoms with E-state index in [1.165, 1.54) is 21.5 Å². The van der Waals surface area contributed by atoms with E-state index in [1.807, 2.05) is 0 Å². The zero-order valence-corrected chi connectivity index (χ0v) is 37.3. The normalized spacial score (nSPS) is 13.4. The number of halogens is 4. The molecule has 4 heterocycles. The van der Waals surface area contributed by atoms with Crippen molar-refractivity contribution in [3.63, 3.8) is 0 Å². The van der Waals surface area contributed by atoms with Gasteiger partial charge in [0.25, 0.3) is 11.8 Å². The van der Waals surface area contributed by atoms with Gasteiger partial charge in [0.15, 0.2) is 11.4 Å². The van der Waals surface area contributed by atoms with Crippen molar-refractivity contribution in [2.75, 3.05) is 13.1 Å². The van der Waals surface area contributed by atoms with Crippen molar-refractivity contribution in [1.29, 1.82) is 0 Å². The molecule has 314 valence electrons. The highest BCUT2D eigenvalue weighted by Crippen LogP contribution is 2.45. The van der Waals surface area contributed by atoms with Crippen molar-refractivity contribution in [1.82, 2.24) is 30.2 Å². The lowest BCUT2D eigenvalue weighted by Gasteiger charge is -2.16. The van der Waals surface area contributed by atoms with E-state index in [9.17, 15) is 35.5 Å².